The number of hydrogen-bond acceptors (Lipinski definition) is 4. The summed E-state index contributed by atoms with van der Waals surface area (Å²) >= 11 is 6.24. The number of nitrogens with zero attached hydrogens (tertiary/aromatic N) is 4. The largest absolute Gasteiger partial charge is 0.314 e. The molecule has 5 aromatic rings. The van der Waals surface area contributed by atoms with Gasteiger partial charge in [-0.1, -0.05) is 54.1 Å². The van der Waals surface area contributed by atoms with Crippen molar-refractivity contribution in [3.63, 3.8) is 0 Å². The number of hydrogen-bond donors (Lipinski definition) is 1. The van der Waals surface area contributed by atoms with E-state index in [1.807, 2.05) is 78.2 Å². The van der Waals surface area contributed by atoms with E-state index in [2.05, 4.69) is 10.5 Å². The van der Waals surface area contributed by atoms with Crippen LogP contribution in [0.3, 0.4) is 0 Å². The van der Waals surface area contributed by atoms with Crippen LogP contribution in [0.4, 0.5) is 0 Å². The van der Waals surface area contributed by atoms with E-state index in [1.54, 1.807) is 6.07 Å². The summed E-state index contributed by atoms with van der Waals surface area (Å²) in [5.41, 5.74) is 8.08. The zero-order valence-electron chi connectivity index (χ0n) is 16.7. The molecule has 31 heavy (non-hydrogen) atoms. The van der Waals surface area contributed by atoms with Gasteiger partial charge in [0.2, 0.25) is 0 Å². The molecule has 0 spiro atoms. The molecular formula is C24H18ClN5O. The van der Waals surface area contributed by atoms with Crippen molar-refractivity contribution in [1.82, 2.24) is 20.0 Å². The Morgan fingerprint density at radius 1 is 1.00 bits per heavy atom. The Bertz CT molecular complexity index is 1470. The van der Waals surface area contributed by atoms with Crippen LogP contribution < -0.4 is 5.43 Å². The molecule has 5 rings (SSSR count). The second-order valence-corrected chi connectivity index (χ2v) is 7.67. The van der Waals surface area contributed by atoms with Gasteiger partial charge in [0, 0.05) is 10.4 Å². The highest BCUT2D eigenvalue weighted by Crippen LogP contribution is 2.30. The molecule has 0 atom stereocenters. The van der Waals surface area contributed by atoms with E-state index in [4.69, 9.17) is 21.6 Å². The number of rotatable bonds is 4. The molecule has 3 aromatic carbocycles. The Kier molecular flexibility index (Phi) is 4.84. The van der Waals surface area contributed by atoms with E-state index in [0.29, 0.717) is 16.2 Å². The van der Waals surface area contributed by atoms with Gasteiger partial charge in [-0.05, 0) is 42.8 Å². The fourth-order valence-corrected chi connectivity index (χ4v) is 3.81. The lowest BCUT2D eigenvalue weighted by atomic mass is 10.1. The number of carbonyl (C=O) groups excluding carboxylic acids is 1. The monoisotopic (exact) mass is 427 g/mol. The molecule has 0 aliphatic heterocycles. The molecular weight excluding hydrogens is 410 g/mol. The van der Waals surface area contributed by atoms with Crippen LogP contribution in [0.2, 0.25) is 5.02 Å². The molecule has 0 saturated carbocycles. The van der Waals surface area contributed by atoms with Gasteiger partial charge in [-0.25, -0.2) is 15.4 Å². The Hall–Kier alpha value is -3.77. The average molecular weight is 428 g/mol. The highest BCUT2D eigenvalue weighted by Gasteiger charge is 2.17. The fraction of sp³-hybridized carbons (Fsp3) is 0.0833. The van der Waals surface area contributed by atoms with Crippen molar-refractivity contribution in [1.29, 1.82) is 0 Å². The van der Waals surface area contributed by atoms with Crippen molar-refractivity contribution in [2.75, 3.05) is 0 Å². The molecule has 0 radical (unpaired) electrons. The van der Waals surface area contributed by atoms with Gasteiger partial charge in [-0.15, -0.1) is 0 Å². The van der Waals surface area contributed by atoms with E-state index in [-0.39, 0.29) is 12.5 Å². The van der Waals surface area contributed by atoms with E-state index in [0.717, 1.165) is 33.2 Å². The molecule has 0 saturated heterocycles. The number of amides is 1. The van der Waals surface area contributed by atoms with Crippen LogP contribution >= 0.6 is 11.6 Å². The van der Waals surface area contributed by atoms with Gasteiger partial charge < -0.3 is 4.57 Å². The lowest BCUT2D eigenvalue weighted by Gasteiger charge is -2.07. The Morgan fingerprint density at radius 3 is 2.48 bits per heavy atom. The van der Waals surface area contributed by atoms with Crippen molar-refractivity contribution in [2.45, 2.75) is 13.5 Å². The predicted molar refractivity (Wildman–Crippen MR) is 124 cm³/mol. The topological polar surface area (TPSA) is 72.2 Å². The first kappa shape index (κ1) is 19.2. The maximum atomic E-state index is 12.8. The number of halogens is 1. The summed E-state index contributed by atoms with van der Waals surface area (Å²) < 4.78 is 1.85. The molecule has 6 nitrogen and oxygen atoms in total. The second kappa shape index (κ2) is 7.81. The SMILES string of the molecule is C/C(=N\NC(=O)Cn1c2ccc(Cl)cc2c2nc3ccccc3nc21)c1ccccc1. The van der Waals surface area contributed by atoms with Gasteiger partial charge in [0.05, 0.1) is 22.3 Å². The Labute approximate surface area is 183 Å². The third-order valence-corrected chi connectivity index (χ3v) is 5.39. The standard InChI is InChI=1S/C24H18ClN5O/c1-15(16-7-3-2-4-8-16)28-29-22(31)14-30-21-12-11-17(25)13-18(21)23-24(30)27-20-10-6-5-9-19(20)26-23/h2-13H,14H2,1H3,(H,29,31)/b28-15+. The van der Waals surface area contributed by atoms with Crippen LogP contribution in [0.25, 0.3) is 33.1 Å². The van der Waals surface area contributed by atoms with Crippen LogP contribution in [0, 0.1) is 0 Å². The number of fused-ring (bicyclic) bond motifs is 4. The fourth-order valence-electron chi connectivity index (χ4n) is 3.64. The van der Waals surface area contributed by atoms with Crippen LogP contribution in [0.1, 0.15) is 12.5 Å². The first-order valence-electron chi connectivity index (χ1n) is 9.83. The highest BCUT2D eigenvalue weighted by atomic mass is 35.5. The Morgan fingerprint density at radius 2 is 1.71 bits per heavy atom. The summed E-state index contributed by atoms with van der Waals surface area (Å²) in [7, 11) is 0. The molecule has 0 aliphatic carbocycles. The molecule has 0 fully saturated rings. The summed E-state index contributed by atoms with van der Waals surface area (Å²) in [6.45, 7) is 1.91. The van der Waals surface area contributed by atoms with Crippen molar-refractivity contribution >= 4 is 56.3 Å². The molecule has 7 heteroatoms. The van der Waals surface area contributed by atoms with Gasteiger partial charge in [0.1, 0.15) is 12.1 Å². The third kappa shape index (κ3) is 3.62. The van der Waals surface area contributed by atoms with Crippen molar-refractivity contribution in [3.8, 4) is 0 Å². The molecule has 2 heterocycles. The summed E-state index contributed by atoms with van der Waals surface area (Å²) in [6, 6.07) is 22.9. The number of hydrazone groups is 1. The minimum Gasteiger partial charge on any atom is -0.314 e. The van der Waals surface area contributed by atoms with Crippen LogP contribution in [0.5, 0.6) is 0 Å². The highest BCUT2D eigenvalue weighted by molar-refractivity contribution is 6.31. The van der Waals surface area contributed by atoms with Crippen LogP contribution in [-0.2, 0) is 11.3 Å². The number of aromatic nitrogens is 3. The smallest absolute Gasteiger partial charge is 0.260 e. The van der Waals surface area contributed by atoms with Crippen LogP contribution in [0.15, 0.2) is 77.9 Å². The maximum absolute atomic E-state index is 12.8. The van der Waals surface area contributed by atoms with Crippen molar-refractivity contribution < 1.29 is 4.79 Å². The van der Waals surface area contributed by atoms with Gasteiger partial charge in [-0.3, -0.25) is 4.79 Å². The normalized spacial score (nSPS) is 12.0. The van der Waals surface area contributed by atoms with Crippen molar-refractivity contribution in [3.05, 3.63) is 83.4 Å². The number of benzene rings is 3. The van der Waals surface area contributed by atoms with Crippen molar-refractivity contribution in [2.24, 2.45) is 5.10 Å². The first-order valence-corrected chi connectivity index (χ1v) is 10.2. The third-order valence-electron chi connectivity index (χ3n) is 5.15. The van der Waals surface area contributed by atoms with E-state index in [1.165, 1.54) is 0 Å². The van der Waals surface area contributed by atoms with Crippen LogP contribution in [-0.4, -0.2) is 26.2 Å². The minimum absolute atomic E-state index is 0.0558. The minimum atomic E-state index is -0.251. The number of nitrogens with one attached hydrogen (secondary N) is 1. The second-order valence-electron chi connectivity index (χ2n) is 7.23. The summed E-state index contributed by atoms with van der Waals surface area (Å²) in [5.74, 6) is -0.251. The predicted octanol–water partition coefficient (Wildman–Crippen LogP) is 4.93. The average Bonchev–Trinajstić information content (AvgIpc) is 3.08. The summed E-state index contributed by atoms with van der Waals surface area (Å²) in [6.07, 6.45) is 0. The summed E-state index contributed by atoms with van der Waals surface area (Å²) in [4.78, 5) is 22.3. The molecule has 1 amide bonds. The van der Waals surface area contributed by atoms with Gasteiger partial charge in [-0.2, -0.15) is 5.10 Å². The lowest BCUT2D eigenvalue weighted by Crippen LogP contribution is -2.24. The van der Waals surface area contributed by atoms with E-state index in [9.17, 15) is 4.79 Å². The van der Waals surface area contributed by atoms with Gasteiger partial charge in [0.25, 0.3) is 5.91 Å². The molecule has 1 N–H and O–H groups in total. The van der Waals surface area contributed by atoms with E-state index >= 15 is 0 Å². The van der Waals surface area contributed by atoms with Gasteiger partial charge >= 0.3 is 0 Å². The first-order chi connectivity index (χ1) is 15.1. The maximum Gasteiger partial charge on any atom is 0.260 e. The number of carbonyl (C=O) groups is 1. The zero-order chi connectivity index (χ0) is 21.4. The molecule has 0 aliphatic rings. The summed E-state index contributed by atoms with van der Waals surface area (Å²) in [5, 5.41) is 5.71. The van der Waals surface area contributed by atoms with Gasteiger partial charge in [0.15, 0.2) is 5.65 Å². The number of para-hydroxylation sites is 2. The zero-order valence-corrected chi connectivity index (χ0v) is 17.5. The molecule has 0 bridgehead atoms. The lowest BCUT2D eigenvalue weighted by molar-refractivity contribution is -0.121. The molecule has 0 unspecified atom stereocenters. The molecule has 152 valence electrons. The van der Waals surface area contributed by atoms with E-state index < -0.39 is 0 Å². The Balaban J connectivity index is 1.55. The molecule has 2 aromatic heterocycles. The quantitative estimate of drug-likeness (QED) is 0.326.